The smallest absolute Gasteiger partial charge is 0.271 e. The molecule has 2 aromatic carbocycles. The Hall–Kier alpha value is -2.76. The third kappa shape index (κ3) is 5.04. The van der Waals surface area contributed by atoms with E-state index in [1.54, 1.807) is 36.5 Å². The number of rotatable bonds is 7. The summed E-state index contributed by atoms with van der Waals surface area (Å²) in [6.07, 6.45) is 2.57. The van der Waals surface area contributed by atoms with E-state index in [0.29, 0.717) is 22.2 Å². The van der Waals surface area contributed by atoms with Crippen LogP contribution in [0.2, 0.25) is 10.0 Å². The van der Waals surface area contributed by atoms with Gasteiger partial charge in [0.25, 0.3) is 5.91 Å². The van der Waals surface area contributed by atoms with Gasteiger partial charge in [0.05, 0.1) is 22.9 Å². The molecule has 0 bridgehead atoms. The highest BCUT2D eigenvalue weighted by Crippen LogP contribution is 2.27. The average molecular weight is 444 g/mol. The van der Waals surface area contributed by atoms with Crippen LogP contribution in [0.4, 0.5) is 0 Å². The summed E-state index contributed by atoms with van der Waals surface area (Å²) in [7, 11) is 0. The minimum Gasteiger partial charge on any atom is -0.494 e. The quantitative estimate of drug-likeness (QED) is 0.362. The van der Waals surface area contributed by atoms with Crippen LogP contribution in [0.5, 0.6) is 5.75 Å². The van der Waals surface area contributed by atoms with Crippen LogP contribution >= 0.6 is 23.2 Å². The predicted molar refractivity (Wildman–Crippen MR) is 123 cm³/mol. The topological polar surface area (TPSA) is 55.6 Å². The van der Waals surface area contributed by atoms with Crippen molar-refractivity contribution in [3.63, 3.8) is 0 Å². The number of hydrogen-bond acceptors (Lipinski definition) is 3. The molecule has 1 heterocycles. The van der Waals surface area contributed by atoms with Crippen LogP contribution in [0, 0.1) is 13.8 Å². The Bertz CT molecular complexity index is 1070. The van der Waals surface area contributed by atoms with Crippen LogP contribution in [0.15, 0.2) is 53.6 Å². The molecule has 0 spiro atoms. The second kappa shape index (κ2) is 9.83. The number of carbonyl (C=O) groups excluding carboxylic acids is 1. The molecule has 30 heavy (non-hydrogen) atoms. The number of nitrogens with zero attached hydrogens (tertiary/aromatic N) is 2. The second-order valence-electron chi connectivity index (χ2n) is 6.83. The van der Waals surface area contributed by atoms with Crippen LogP contribution < -0.4 is 10.2 Å². The predicted octanol–water partition coefficient (Wildman–Crippen LogP) is 5.95. The van der Waals surface area contributed by atoms with E-state index in [1.165, 1.54) is 0 Å². The van der Waals surface area contributed by atoms with Gasteiger partial charge < -0.3 is 9.30 Å². The van der Waals surface area contributed by atoms with Crippen molar-refractivity contribution >= 4 is 35.3 Å². The van der Waals surface area contributed by atoms with Crippen molar-refractivity contribution in [2.45, 2.75) is 27.2 Å². The first-order valence-corrected chi connectivity index (χ1v) is 10.4. The lowest BCUT2D eigenvalue weighted by Crippen LogP contribution is -2.17. The summed E-state index contributed by atoms with van der Waals surface area (Å²) in [6.45, 7) is 6.67. The van der Waals surface area contributed by atoms with Crippen LogP contribution in [-0.2, 0) is 0 Å². The maximum absolute atomic E-state index is 12.3. The van der Waals surface area contributed by atoms with E-state index in [2.05, 4.69) is 15.1 Å². The third-order valence-electron chi connectivity index (χ3n) is 4.59. The molecule has 3 aromatic rings. The van der Waals surface area contributed by atoms with Crippen molar-refractivity contribution in [2.24, 2.45) is 5.10 Å². The van der Waals surface area contributed by atoms with Crippen molar-refractivity contribution in [2.75, 3.05) is 6.61 Å². The molecule has 0 saturated heterocycles. The molecule has 1 N–H and O–H groups in total. The summed E-state index contributed by atoms with van der Waals surface area (Å²) in [5.74, 6) is 0.457. The molecule has 0 saturated carbocycles. The standard InChI is InChI=1S/C23H23Cl2N3O2/c1-4-11-30-20-8-5-17(6-9-20)23(29)27-26-14-18-12-15(2)28(16(18)3)19-7-10-21(24)22(25)13-19/h5-10,12-14H,4,11H2,1-3H3,(H,27,29)/b26-14-. The number of ether oxygens (including phenoxy) is 1. The lowest BCUT2D eigenvalue weighted by molar-refractivity contribution is 0.0955. The zero-order valence-electron chi connectivity index (χ0n) is 17.1. The van der Waals surface area contributed by atoms with E-state index in [-0.39, 0.29) is 5.91 Å². The fraction of sp³-hybridized carbons (Fsp3) is 0.217. The van der Waals surface area contributed by atoms with Gasteiger partial charge in [-0.25, -0.2) is 5.43 Å². The number of benzene rings is 2. The first-order valence-electron chi connectivity index (χ1n) is 9.61. The van der Waals surface area contributed by atoms with Gasteiger partial charge in [-0.3, -0.25) is 4.79 Å². The molecule has 0 aliphatic carbocycles. The van der Waals surface area contributed by atoms with Crippen LogP contribution in [0.25, 0.3) is 5.69 Å². The van der Waals surface area contributed by atoms with Crippen molar-refractivity contribution in [3.05, 3.63) is 81.1 Å². The number of amides is 1. The zero-order chi connectivity index (χ0) is 21.7. The van der Waals surface area contributed by atoms with Crippen molar-refractivity contribution in [1.82, 2.24) is 9.99 Å². The first kappa shape index (κ1) is 21.9. The molecule has 0 unspecified atom stereocenters. The Kier molecular flexibility index (Phi) is 7.19. The Morgan fingerprint density at radius 1 is 1.10 bits per heavy atom. The maximum Gasteiger partial charge on any atom is 0.271 e. The second-order valence-corrected chi connectivity index (χ2v) is 7.65. The molecule has 3 rings (SSSR count). The fourth-order valence-electron chi connectivity index (χ4n) is 3.09. The van der Waals surface area contributed by atoms with E-state index >= 15 is 0 Å². The molecule has 1 amide bonds. The lowest BCUT2D eigenvalue weighted by Gasteiger charge is -2.10. The molecule has 0 aliphatic heterocycles. The number of hydrogen-bond donors (Lipinski definition) is 1. The van der Waals surface area contributed by atoms with Gasteiger partial charge in [0.2, 0.25) is 0 Å². The van der Waals surface area contributed by atoms with Gasteiger partial charge in [0.1, 0.15) is 5.75 Å². The van der Waals surface area contributed by atoms with Gasteiger partial charge in [-0.05, 0) is 68.8 Å². The average Bonchev–Trinajstić information content (AvgIpc) is 3.02. The maximum atomic E-state index is 12.3. The third-order valence-corrected chi connectivity index (χ3v) is 5.33. The molecule has 156 valence electrons. The SMILES string of the molecule is CCCOc1ccc(C(=O)N/N=C\c2cc(C)n(-c3ccc(Cl)c(Cl)c3)c2C)cc1. The minimum atomic E-state index is -0.286. The first-order chi connectivity index (χ1) is 14.4. The van der Waals surface area contributed by atoms with Crippen molar-refractivity contribution in [1.29, 1.82) is 0 Å². The molecule has 0 atom stereocenters. The molecule has 7 heteroatoms. The summed E-state index contributed by atoms with van der Waals surface area (Å²) in [6, 6.07) is 14.5. The van der Waals surface area contributed by atoms with E-state index < -0.39 is 0 Å². The number of aryl methyl sites for hydroxylation is 1. The van der Waals surface area contributed by atoms with Crippen LogP contribution in [0.3, 0.4) is 0 Å². The largest absolute Gasteiger partial charge is 0.494 e. The van der Waals surface area contributed by atoms with Gasteiger partial charge in [-0.15, -0.1) is 0 Å². The molecule has 0 aliphatic rings. The minimum absolute atomic E-state index is 0.286. The molecule has 5 nitrogen and oxygen atoms in total. The summed E-state index contributed by atoms with van der Waals surface area (Å²) in [5.41, 5.74) is 6.87. The monoisotopic (exact) mass is 443 g/mol. The molecular formula is C23H23Cl2N3O2. The number of nitrogens with one attached hydrogen (secondary N) is 1. The van der Waals surface area contributed by atoms with Gasteiger partial charge in [0, 0.05) is 28.2 Å². The summed E-state index contributed by atoms with van der Waals surface area (Å²) < 4.78 is 7.58. The van der Waals surface area contributed by atoms with Crippen molar-refractivity contribution in [3.8, 4) is 11.4 Å². The van der Waals surface area contributed by atoms with Crippen LogP contribution in [-0.4, -0.2) is 23.3 Å². The zero-order valence-corrected chi connectivity index (χ0v) is 18.6. The lowest BCUT2D eigenvalue weighted by atomic mass is 10.2. The summed E-state index contributed by atoms with van der Waals surface area (Å²) >= 11 is 12.2. The number of halogens is 2. The Balaban J connectivity index is 1.70. The Morgan fingerprint density at radius 3 is 2.50 bits per heavy atom. The number of hydrazone groups is 1. The number of carbonyl (C=O) groups is 1. The van der Waals surface area contributed by atoms with E-state index in [0.717, 1.165) is 34.8 Å². The summed E-state index contributed by atoms with van der Waals surface area (Å²) in [4.78, 5) is 12.3. The molecule has 1 aromatic heterocycles. The Labute approximate surface area is 186 Å². The Morgan fingerprint density at radius 2 is 1.83 bits per heavy atom. The van der Waals surface area contributed by atoms with E-state index in [1.807, 2.05) is 39.0 Å². The highest BCUT2D eigenvalue weighted by Gasteiger charge is 2.11. The highest BCUT2D eigenvalue weighted by atomic mass is 35.5. The van der Waals surface area contributed by atoms with Gasteiger partial charge in [-0.2, -0.15) is 5.10 Å². The molecular weight excluding hydrogens is 421 g/mol. The van der Waals surface area contributed by atoms with Gasteiger partial charge in [-0.1, -0.05) is 30.1 Å². The van der Waals surface area contributed by atoms with Crippen molar-refractivity contribution < 1.29 is 9.53 Å². The van der Waals surface area contributed by atoms with Gasteiger partial charge in [0.15, 0.2) is 0 Å². The highest BCUT2D eigenvalue weighted by molar-refractivity contribution is 6.42. The molecule has 0 radical (unpaired) electrons. The molecule has 0 fully saturated rings. The summed E-state index contributed by atoms with van der Waals surface area (Å²) in [5, 5.41) is 5.12. The normalized spacial score (nSPS) is 11.1. The van der Waals surface area contributed by atoms with E-state index in [9.17, 15) is 4.79 Å². The van der Waals surface area contributed by atoms with Crippen LogP contribution in [0.1, 0.15) is 40.7 Å². The van der Waals surface area contributed by atoms with Gasteiger partial charge >= 0.3 is 0 Å². The van der Waals surface area contributed by atoms with E-state index in [4.69, 9.17) is 27.9 Å². The number of aromatic nitrogens is 1. The fourth-order valence-corrected chi connectivity index (χ4v) is 3.38.